The van der Waals surface area contributed by atoms with Crippen LogP contribution in [-0.4, -0.2) is 21.7 Å². The second-order valence-corrected chi connectivity index (χ2v) is 6.31. The molecule has 0 fully saturated rings. The van der Waals surface area contributed by atoms with Gasteiger partial charge < -0.3 is 5.11 Å². The highest BCUT2D eigenvalue weighted by Crippen LogP contribution is 2.27. The Hall–Kier alpha value is -2.93. The van der Waals surface area contributed by atoms with Gasteiger partial charge in [-0.2, -0.15) is 0 Å². The molecule has 3 rings (SSSR count). The van der Waals surface area contributed by atoms with Gasteiger partial charge in [-0.3, -0.25) is 19.7 Å². The van der Waals surface area contributed by atoms with Crippen molar-refractivity contribution in [2.75, 3.05) is 5.43 Å². The maximum absolute atomic E-state index is 13.0. The number of aromatic nitrogens is 1. The fourth-order valence-corrected chi connectivity index (χ4v) is 3.17. The Labute approximate surface area is 147 Å². The van der Waals surface area contributed by atoms with E-state index in [0.29, 0.717) is 11.3 Å². The molecule has 0 spiro atoms. The van der Waals surface area contributed by atoms with Crippen molar-refractivity contribution in [2.45, 2.75) is 12.8 Å². The fourth-order valence-electron chi connectivity index (χ4n) is 2.43. The summed E-state index contributed by atoms with van der Waals surface area (Å²) < 4.78 is 14.6. The van der Waals surface area contributed by atoms with E-state index in [0.717, 1.165) is 10.6 Å². The molecule has 5 nitrogen and oxygen atoms in total. The number of nitrogens with one attached hydrogen (secondary N) is 1. The van der Waals surface area contributed by atoms with Crippen molar-refractivity contribution in [1.29, 1.82) is 0 Å². The minimum absolute atomic E-state index is 0.0414. The van der Waals surface area contributed by atoms with Crippen LogP contribution in [0.5, 0.6) is 0 Å². The molecule has 0 atom stereocenters. The Morgan fingerprint density at radius 3 is 2.52 bits per heavy atom. The Balaban J connectivity index is 1.91. The number of carboxylic acids is 1. The second-order valence-electron chi connectivity index (χ2n) is 5.36. The van der Waals surface area contributed by atoms with Gasteiger partial charge in [0.15, 0.2) is 0 Å². The Bertz CT molecular complexity index is 886. The van der Waals surface area contributed by atoms with Gasteiger partial charge in [-0.1, -0.05) is 6.07 Å². The lowest BCUT2D eigenvalue weighted by Crippen LogP contribution is -2.25. The Morgan fingerprint density at radius 2 is 1.88 bits per heavy atom. The number of rotatable bonds is 6. The minimum atomic E-state index is -0.907. The van der Waals surface area contributed by atoms with Gasteiger partial charge in [0, 0.05) is 17.7 Å². The summed E-state index contributed by atoms with van der Waals surface area (Å²) in [7, 11) is 0. The molecule has 0 aliphatic carbocycles. The molecular formula is C18H15FN2O3S. The van der Waals surface area contributed by atoms with E-state index < -0.39 is 17.7 Å². The predicted molar refractivity (Wildman–Crippen MR) is 93.8 cm³/mol. The summed E-state index contributed by atoms with van der Waals surface area (Å²) in [6.45, 7) is 0. The summed E-state index contributed by atoms with van der Waals surface area (Å²) in [6.07, 6.45) is 0.241. The number of carboxylic acid groups (broad SMARTS) is 1. The molecular weight excluding hydrogens is 343 g/mol. The van der Waals surface area contributed by atoms with Crippen molar-refractivity contribution >= 4 is 23.2 Å². The number of carbonyl (C=O) groups is 2. The van der Waals surface area contributed by atoms with Gasteiger partial charge in [-0.05, 0) is 47.8 Å². The van der Waals surface area contributed by atoms with E-state index >= 15 is 0 Å². The van der Waals surface area contributed by atoms with Crippen LogP contribution < -0.4 is 5.43 Å². The summed E-state index contributed by atoms with van der Waals surface area (Å²) in [4.78, 5) is 24.3. The van der Waals surface area contributed by atoms with E-state index in [-0.39, 0.29) is 12.8 Å². The van der Waals surface area contributed by atoms with Crippen LogP contribution in [0.4, 0.5) is 4.39 Å². The van der Waals surface area contributed by atoms with Crippen LogP contribution >= 0.6 is 11.3 Å². The van der Waals surface area contributed by atoms with Gasteiger partial charge in [0.05, 0.1) is 17.0 Å². The standard InChI is InChI=1S/C18H15FN2O3S/c19-13-5-3-12(4-6-13)18(24)20-21-14(8-10-17(22)23)7-9-15(21)16-2-1-11-25-16/h1-7,9,11H,8,10H2,(H,20,24)(H,22,23). The molecule has 0 saturated heterocycles. The normalized spacial score (nSPS) is 10.6. The molecule has 2 aromatic heterocycles. The van der Waals surface area contributed by atoms with E-state index in [2.05, 4.69) is 5.43 Å². The number of nitrogens with zero attached hydrogens (tertiary/aromatic N) is 1. The Kier molecular flexibility index (Phi) is 4.95. The minimum Gasteiger partial charge on any atom is -0.481 e. The van der Waals surface area contributed by atoms with Crippen molar-refractivity contribution in [3.05, 3.63) is 71.0 Å². The van der Waals surface area contributed by atoms with E-state index in [9.17, 15) is 14.0 Å². The number of halogens is 1. The lowest BCUT2D eigenvalue weighted by Gasteiger charge is -2.14. The van der Waals surface area contributed by atoms with Gasteiger partial charge in [0.2, 0.25) is 0 Å². The van der Waals surface area contributed by atoms with Gasteiger partial charge in [-0.15, -0.1) is 11.3 Å². The lowest BCUT2D eigenvalue weighted by molar-refractivity contribution is -0.136. The molecule has 3 aromatic rings. The number of hydrogen-bond acceptors (Lipinski definition) is 3. The van der Waals surface area contributed by atoms with Crippen LogP contribution in [0.25, 0.3) is 10.6 Å². The highest BCUT2D eigenvalue weighted by molar-refractivity contribution is 7.13. The molecule has 0 bridgehead atoms. The molecule has 7 heteroatoms. The van der Waals surface area contributed by atoms with E-state index in [4.69, 9.17) is 5.11 Å². The summed E-state index contributed by atoms with van der Waals surface area (Å²) in [5, 5.41) is 10.8. The molecule has 2 heterocycles. The number of carbonyl (C=O) groups excluding carboxylic acids is 1. The van der Waals surface area contributed by atoms with E-state index in [1.54, 1.807) is 10.7 Å². The predicted octanol–water partition coefficient (Wildman–Crippen LogP) is 3.76. The monoisotopic (exact) mass is 358 g/mol. The molecule has 25 heavy (non-hydrogen) atoms. The summed E-state index contributed by atoms with van der Waals surface area (Å²) in [5.41, 5.74) is 4.54. The maximum Gasteiger partial charge on any atom is 0.303 e. The third-order valence-corrected chi connectivity index (χ3v) is 4.54. The molecule has 1 amide bonds. The summed E-state index contributed by atoms with van der Waals surface area (Å²) in [5.74, 6) is -1.72. The molecule has 2 N–H and O–H groups in total. The number of benzene rings is 1. The van der Waals surface area contributed by atoms with Crippen molar-refractivity contribution < 1.29 is 19.1 Å². The topological polar surface area (TPSA) is 71.3 Å². The van der Waals surface area contributed by atoms with Gasteiger partial charge in [-0.25, -0.2) is 4.39 Å². The number of thiophene rings is 1. The quantitative estimate of drug-likeness (QED) is 0.705. The largest absolute Gasteiger partial charge is 0.481 e. The lowest BCUT2D eigenvalue weighted by atomic mass is 10.2. The second kappa shape index (κ2) is 7.31. The molecule has 0 radical (unpaired) electrons. The molecule has 0 unspecified atom stereocenters. The molecule has 128 valence electrons. The average Bonchev–Trinajstić information content (AvgIpc) is 3.23. The number of amides is 1. The highest BCUT2D eigenvalue weighted by Gasteiger charge is 2.15. The zero-order chi connectivity index (χ0) is 17.8. The number of aliphatic carboxylic acids is 1. The van der Waals surface area contributed by atoms with Crippen LogP contribution in [0.1, 0.15) is 22.5 Å². The summed E-state index contributed by atoms with van der Waals surface area (Å²) in [6, 6.07) is 12.7. The molecule has 0 saturated carbocycles. The van der Waals surface area contributed by atoms with Crippen molar-refractivity contribution in [1.82, 2.24) is 4.68 Å². The fraction of sp³-hybridized carbons (Fsp3) is 0.111. The Morgan fingerprint density at radius 1 is 1.12 bits per heavy atom. The zero-order valence-corrected chi connectivity index (χ0v) is 13.9. The average molecular weight is 358 g/mol. The van der Waals surface area contributed by atoms with Crippen LogP contribution in [0.2, 0.25) is 0 Å². The molecule has 1 aromatic carbocycles. The first-order chi connectivity index (χ1) is 12.0. The maximum atomic E-state index is 13.0. The van der Waals surface area contributed by atoms with Crippen LogP contribution in [0, 0.1) is 5.82 Å². The van der Waals surface area contributed by atoms with Crippen LogP contribution in [-0.2, 0) is 11.2 Å². The van der Waals surface area contributed by atoms with Gasteiger partial charge in [0.25, 0.3) is 5.91 Å². The molecule has 0 aliphatic heterocycles. The third-order valence-electron chi connectivity index (χ3n) is 3.65. The van der Waals surface area contributed by atoms with E-state index in [1.807, 2.05) is 23.6 Å². The third kappa shape index (κ3) is 3.95. The first kappa shape index (κ1) is 16.9. The highest BCUT2D eigenvalue weighted by atomic mass is 32.1. The van der Waals surface area contributed by atoms with Crippen LogP contribution in [0.15, 0.2) is 53.9 Å². The number of aryl methyl sites for hydroxylation is 1. The first-order valence-corrected chi connectivity index (χ1v) is 8.46. The smallest absolute Gasteiger partial charge is 0.303 e. The zero-order valence-electron chi connectivity index (χ0n) is 13.1. The number of hydrogen-bond donors (Lipinski definition) is 2. The van der Waals surface area contributed by atoms with E-state index in [1.165, 1.54) is 35.6 Å². The molecule has 0 aliphatic rings. The van der Waals surface area contributed by atoms with Crippen LogP contribution in [0.3, 0.4) is 0 Å². The first-order valence-electron chi connectivity index (χ1n) is 7.58. The summed E-state index contributed by atoms with van der Waals surface area (Å²) >= 11 is 1.51. The SMILES string of the molecule is O=C(O)CCc1ccc(-c2cccs2)n1NC(=O)c1ccc(F)cc1. The van der Waals surface area contributed by atoms with Gasteiger partial charge >= 0.3 is 5.97 Å². The van der Waals surface area contributed by atoms with Crippen molar-refractivity contribution in [3.8, 4) is 10.6 Å². The van der Waals surface area contributed by atoms with Gasteiger partial charge in [0.1, 0.15) is 5.82 Å². The van der Waals surface area contributed by atoms with Crippen molar-refractivity contribution in [2.24, 2.45) is 0 Å². The van der Waals surface area contributed by atoms with Crippen molar-refractivity contribution in [3.63, 3.8) is 0 Å².